The fourth-order valence-corrected chi connectivity index (χ4v) is 0.893. The standard InChI is InChI=1S/C13H26O5/c1-9(12(3,4)7-14)17-11(16)18-10(2)13(5,6)8-15/h9-10,14-15H,7-8H2,1-6H3. The van der Waals surface area contributed by atoms with Crippen LogP contribution in [0.15, 0.2) is 0 Å². The number of ether oxygens (including phenoxy) is 2. The summed E-state index contributed by atoms with van der Waals surface area (Å²) in [5.41, 5.74) is -1.04. The molecule has 0 aromatic carbocycles. The number of carbonyl (C=O) groups excluding carboxylic acids is 1. The number of aliphatic hydroxyl groups excluding tert-OH is 2. The van der Waals surface area contributed by atoms with Crippen LogP contribution in [0.25, 0.3) is 0 Å². The van der Waals surface area contributed by atoms with E-state index in [0.717, 1.165) is 0 Å². The molecule has 0 bridgehead atoms. The fraction of sp³-hybridized carbons (Fsp3) is 0.923. The molecule has 0 amide bonds. The summed E-state index contributed by atoms with van der Waals surface area (Å²) >= 11 is 0. The summed E-state index contributed by atoms with van der Waals surface area (Å²) in [5, 5.41) is 18.3. The van der Waals surface area contributed by atoms with Crippen LogP contribution in [0.4, 0.5) is 4.79 Å². The summed E-state index contributed by atoms with van der Waals surface area (Å²) in [4.78, 5) is 11.6. The number of aliphatic hydroxyl groups is 2. The molecule has 0 fully saturated rings. The highest BCUT2D eigenvalue weighted by Gasteiger charge is 2.32. The molecule has 2 unspecified atom stereocenters. The van der Waals surface area contributed by atoms with Crippen LogP contribution in [0, 0.1) is 10.8 Å². The lowest BCUT2D eigenvalue weighted by Gasteiger charge is -2.32. The maximum atomic E-state index is 11.6. The number of hydrogen-bond donors (Lipinski definition) is 2. The first-order chi connectivity index (χ1) is 8.06. The highest BCUT2D eigenvalue weighted by Crippen LogP contribution is 2.25. The monoisotopic (exact) mass is 262 g/mol. The zero-order valence-electron chi connectivity index (χ0n) is 12.2. The molecular formula is C13H26O5. The average molecular weight is 262 g/mol. The Morgan fingerprint density at radius 1 is 0.944 bits per heavy atom. The van der Waals surface area contributed by atoms with Gasteiger partial charge >= 0.3 is 6.16 Å². The van der Waals surface area contributed by atoms with Crippen LogP contribution in [0.3, 0.4) is 0 Å². The van der Waals surface area contributed by atoms with Crippen LogP contribution in [-0.2, 0) is 9.47 Å². The summed E-state index contributed by atoms with van der Waals surface area (Å²) in [6, 6.07) is 0. The minimum absolute atomic E-state index is 0.0842. The van der Waals surface area contributed by atoms with E-state index in [1.807, 2.05) is 0 Å². The van der Waals surface area contributed by atoms with Crippen LogP contribution >= 0.6 is 0 Å². The number of rotatable bonds is 6. The Labute approximate surface area is 109 Å². The minimum atomic E-state index is -0.780. The molecule has 2 atom stereocenters. The maximum absolute atomic E-state index is 11.6. The molecule has 0 aromatic heterocycles. The molecule has 5 heteroatoms. The topological polar surface area (TPSA) is 76.0 Å². The van der Waals surface area contributed by atoms with Gasteiger partial charge in [0.05, 0.1) is 13.2 Å². The van der Waals surface area contributed by atoms with E-state index < -0.39 is 29.2 Å². The lowest BCUT2D eigenvalue weighted by molar-refractivity contribution is -0.0678. The van der Waals surface area contributed by atoms with Gasteiger partial charge in [-0.2, -0.15) is 0 Å². The zero-order chi connectivity index (χ0) is 14.6. The van der Waals surface area contributed by atoms with Crippen LogP contribution < -0.4 is 0 Å². The molecule has 108 valence electrons. The molecule has 0 heterocycles. The Kier molecular flexibility index (Phi) is 6.10. The van der Waals surface area contributed by atoms with Crippen molar-refractivity contribution in [2.24, 2.45) is 10.8 Å². The Morgan fingerprint density at radius 3 is 1.44 bits per heavy atom. The van der Waals surface area contributed by atoms with Gasteiger partial charge in [0.15, 0.2) is 0 Å². The van der Waals surface area contributed by atoms with Crippen LogP contribution in [0.5, 0.6) is 0 Å². The molecule has 0 aliphatic carbocycles. The Bertz CT molecular complexity index is 247. The second kappa shape index (κ2) is 6.38. The Morgan fingerprint density at radius 2 is 1.22 bits per heavy atom. The van der Waals surface area contributed by atoms with Crippen molar-refractivity contribution in [2.45, 2.75) is 53.8 Å². The number of carbonyl (C=O) groups is 1. The van der Waals surface area contributed by atoms with E-state index in [0.29, 0.717) is 0 Å². The largest absolute Gasteiger partial charge is 0.508 e. The predicted octanol–water partition coefficient (Wildman–Crippen LogP) is 1.95. The molecule has 0 aromatic rings. The van der Waals surface area contributed by atoms with E-state index in [4.69, 9.17) is 19.7 Å². The average Bonchev–Trinajstić information content (AvgIpc) is 2.28. The van der Waals surface area contributed by atoms with Crippen molar-refractivity contribution < 1.29 is 24.5 Å². The van der Waals surface area contributed by atoms with Crippen molar-refractivity contribution in [1.29, 1.82) is 0 Å². The van der Waals surface area contributed by atoms with Crippen LogP contribution in [0.2, 0.25) is 0 Å². The second-order valence-electron chi connectivity index (χ2n) is 6.06. The first kappa shape index (κ1) is 17.2. The highest BCUT2D eigenvalue weighted by atomic mass is 16.7. The van der Waals surface area contributed by atoms with E-state index in [9.17, 15) is 4.79 Å². The lowest BCUT2D eigenvalue weighted by Crippen LogP contribution is -2.38. The molecule has 0 radical (unpaired) electrons. The molecule has 18 heavy (non-hydrogen) atoms. The van der Waals surface area contributed by atoms with E-state index in [1.165, 1.54) is 0 Å². The SMILES string of the molecule is CC(OC(=O)OC(C)C(C)(C)CO)C(C)(C)CO. The van der Waals surface area contributed by atoms with Gasteiger partial charge in [-0.25, -0.2) is 4.79 Å². The minimum Gasteiger partial charge on any atom is -0.431 e. The summed E-state index contributed by atoms with van der Waals surface area (Å²) in [6.07, 6.45) is -1.70. The summed E-state index contributed by atoms with van der Waals surface area (Å²) in [7, 11) is 0. The quantitative estimate of drug-likeness (QED) is 0.716. The summed E-state index contributed by atoms with van der Waals surface area (Å²) < 4.78 is 10.2. The van der Waals surface area contributed by atoms with Crippen molar-refractivity contribution >= 4 is 6.16 Å². The van der Waals surface area contributed by atoms with Gasteiger partial charge in [0, 0.05) is 10.8 Å². The maximum Gasteiger partial charge on any atom is 0.508 e. The molecule has 0 saturated carbocycles. The Hall–Kier alpha value is -0.810. The molecule has 0 aliphatic rings. The van der Waals surface area contributed by atoms with Gasteiger partial charge in [0.25, 0.3) is 0 Å². The summed E-state index contributed by atoms with van der Waals surface area (Å²) in [6.45, 7) is 10.4. The second-order valence-corrected chi connectivity index (χ2v) is 6.06. The van der Waals surface area contributed by atoms with Gasteiger partial charge in [-0.1, -0.05) is 27.7 Å². The van der Waals surface area contributed by atoms with Gasteiger partial charge in [0.1, 0.15) is 12.2 Å². The molecule has 0 saturated heterocycles. The van der Waals surface area contributed by atoms with Crippen molar-refractivity contribution in [2.75, 3.05) is 13.2 Å². The van der Waals surface area contributed by atoms with E-state index >= 15 is 0 Å². The van der Waals surface area contributed by atoms with Gasteiger partial charge in [-0.3, -0.25) is 0 Å². The van der Waals surface area contributed by atoms with Crippen molar-refractivity contribution in [1.82, 2.24) is 0 Å². The molecule has 5 nitrogen and oxygen atoms in total. The van der Waals surface area contributed by atoms with Gasteiger partial charge in [0.2, 0.25) is 0 Å². The first-order valence-corrected chi connectivity index (χ1v) is 6.16. The van der Waals surface area contributed by atoms with E-state index in [1.54, 1.807) is 41.5 Å². The van der Waals surface area contributed by atoms with Gasteiger partial charge in [-0.05, 0) is 13.8 Å². The van der Waals surface area contributed by atoms with Crippen LogP contribution in [0.1, 0.15) is 41.5 Å². The summed E-state index contributed by atoms with van der Waals surface area (Å²) in [5.74, 6) is 0. The fourth-order valence-electron chi connectivity index (χ4n) is 0.893. The molecule has 0 spiro atoms. The third-order valence-corrected chi connectivity index (χ3v) is 3.56. The molecule has 0 aliphatic heterocycles. The van der Waals surface area contributed by atoms with Crippen molar-refractivity contribution in [3.8, 4) is 0 Å². The molecule has 2 N–H and O–H groups in total. The number of hydrogen-bond acceptors (Lipinski definition) is 5. The lowest BCUT2D eigenvalue weighted by atomic mass is 9.88. The smallest absolute Gasteiger partial charge is 0.431 e. The molecular weight excluding hydrogens is 236 g/mol. The van der Waals surface area contributed by atoms with Crippen molar-refractivity contribution in [3.63, 3.8) is 0 Å². The van der Waals surface area contributed by atoms with Crippen molar-refractivity contribution in [3.05, 3.63) is 0 Å². The van der Waals surface area contributed by atoms with Crippen LogP contribution in [-0.4, -0.2) is 41.8 Å². The normalized spacial score (nSPS) is 16.0. The molecule has 0 rings (SSSR count). The van der Waals surface area contributed by atoms with Gasteiger partial charge in [-0.15, -0.1) is 0 Å². The van der Waals surface area contributed by atoms with E-state index in [-0.39, 0.29) is 13.2 Å². The predicted molar refractivity (Wildman–Crippen MR) is 68.2 cm³/mol. The highest BCUT2D eigenvalue weighted by molar-refractivity contribution is 5.60. The third-order valence-electron chi connectivity index (χ3n) is 3.56. The Balaban J connectivity index is 4.37. The van der Waals surface area contributed by atoms with Gasteiger partial charge < -0.3 is 19.7 Å². The van der Waals surface area contributed by atoms with E-state index in [2.05, 4.69) is 0 Å². The first-order valence-electron chi connectivity index (χ1n) is 6.16. The third kappa shape index (κ3) is 4.82. The zero-order valence-corrected chi connectivity index (χ0v) is 12.2.